The van der Waals surface area contributed by atoms with Crippen molar-refractivity contribution < 1.29 is 9.59 Å². The van der Waals surface area contributed by atoms with Crippen molar-refractivity contribution in [1.82, 2.24) is 4.98 Å². The summed E-state index contributed by atoms with van der Waals surface area (Å²) >= 11 is 7.43. The number of Topliss-reactive ketones (excluding diaryl/α,β-unsaturated/α-hetero) is 1. The Balaban J connectivity index is 1.62. The fraction of sp³-hybridized carbons (Fsp3) is 0.200. The summed E-state index contributed by atoms with van der Waals surface area (Å²) in [6.07, 6.45) is 4.01. The van der Waals surface area contributed by atoms with Gasteiger partial charge in [-0.15, -0.1) is 0 Å². The van der Waals surface area contributed by atoms with E-state index in [2.05, 4.69) is 55.0 Å². The number of carbonyl (C=O) groups excluding carboxylic acids is 2. The summed E-state index contributed by atoms with van der Waals surface area (Å²) < 4.78 is 1.91. The number of ketones is 1. The average Bonchev–Trinajstić information content (AvgIpc) is 3.28. The molecule has 1 fully saturated rings. The van der Waals surface area contributed by atoms with Crippen LogP contribution in [0.15, 0.2) is 75.7 Å². The fourth-order valence-electron chi connectivity index (χ4n) is 6.30. The Bertz CT molecular complexity index is 1750. The lowest BCUT2D eigenvalue weighted by molar-refractivity contribution is -0.126. The number of anilines is 2. The number of H-pyrrole nitrogens is 1. The van der Waals surface area contributed by atoms with Crippen molar-refractivity contribution in [1.29, 1.82) is 0 Å². The quantitative estimate of drug-likeness (QED) is 0.195. The number of rotatable bonds is 1. The normalized spacial score (nSPS) is 17.4. The van der Waals surface area contributed by atoms with Crippen LogP contribution in [0.4, 0.5) is 11.4 Å². The number of nitrogens with one attached hydrogen (secondary N) is 1. The molecule has 1 saturated carbocycles. The SMILES string of the molecule is O=C1c2[nH]c3c(cc(Br)c4ccccc43)c2N(c2cccc3c(Br)cccc23)C(=O)C12CCCCC2. The van der Waals surface area contributed by atoms with Crippen LogP contribution in [0, 0.1) is 5.41 Å². The van der Waals surface area contributed by atoms with E-state index in [1.807, 2.05) is 53.4 Å². The van der Waals surface area contributed by atoms with Crippen LogP contribution >= 0.6 is 31.9 Å². The molecule has 2 aliphatic rings. The van der Waals surface area contributed by atoms with Crippen LogP contribution in [0.25, 0.3) is 32.4 Å². The van der Waals surface area contributed by atoms with E-state index < -0.39 is 5.41 Å². The van der Waals surface area contributed by atoms with E-state index in [0.29, 0.717) is 24.2 Å². The maximum Gasteiger partial charge on any atom is 0.245 e. The number of carbonyl (C=O) groups is 2. The number of nitrogens with zero attached hydrogens (tertiary/aromatic N) is 1. The number of aromatic amines is 1. The first kappa shape index (κ1) is 22.3. The number of hydrogen-bond acceptors (Lipinski definition) is 2. The highest BCUT2D eigenvalue weighted by Gasteiger charge is 2.54. The summed E-state index contributed by atoms with van der Waals surface area (Å²) in [5.74, 6) is -0.159. The van der Waals surface area contributed by atoms with Gasteiger partial charge in [0.1, 0.15) is 11.1 Å². The lowest BCUT2D eigenvalue weighted by Gasteiger charge is -2.42. The molecule has 178 valence electrons. The number of aromatic nitrogens is 1. The molecule has 0 atom stereocenters. The zero-order chi connectivity index (χ0) is 24.6. The highest BCUT2D eigenvalue weighted by Crippen LogP contribution is 2.53. The van der Waals surface area contributed by atoms with E-state index in [0.717, 1.165) is 66.3 Å². The van der Waals surface area contributed by atoms with Gasteiger partial charge in [-0.1, -0.05) is 99.7 Å². The molecule has 0 radical (unpaired) electrons. The Hall–Kier alpha value is -2.96. The number of fused-ring (bicyclic) bond motifs is 6. The van der Waals surface area contributed by atoms with Gasteiger partial charge in [0.2, 0.25) is 5.91 Å². The van der Waals surface area contributed by atoms with Crippen LogP contribution in [-0.4, -0.2) is 16.7 Å². The summed E-state index contributed by atoms with van der Waals surface area (Å²) in [6, 6.07) is 22.3. The van der Waals surface area contributed by atoms with Gasteiger partial charge < -0.3 is 4.98 Å². The van der Waals surface area contributed by atoms with Crippen LogP contribution in [0.2, 0.25) is 0 Å². The minimum absolute atomic E-state index is 0.0590. The molecule has 1 aliphatic heterocycles. The van der Waals surface area contributed by atoms with E-state index in [1.165, 1.54) is 0 Å². The molecule has 1 aromatic heterocycles. The molecule has 1 spiro atoms. The second-order valence-corrected chi connectivity index (χ2v) is 11.6. The highest BCUT2D eigenvalue weighted by atomic mass is 79.9. The van der Waals surface area contributed by atoms with Crippen molar-refractivity contribution in [2.75, 3.05) is 4.90 Å². The summed E-state index contributed by atoms with van der Waals surface area (Å²) in [7, 11) is 0. The molecule has 36 heavy (non-hydrogen) atoms. The van der Waals surface area contributed by atoms with Gasteiger partial charge in [0.05, 0.1) is 16.9 Å². The molecule has 6 heteroatoms. The molecule has 0 bridgehead atoms. The van der Waals surface area contributed by atoms with Gasteiger partial charge in [-0.3, -0.25) is 14.5 Å². The Morgan fingerprint density at radius 2 is 1.39 bits per heavy atom. The van der Waals surface area contributed by atoms with E-state index in [4.69, 9.17) is 0 Å². The van der Waals surface area contributed by atoms with Crippen molar-refractivity contribution >= 4 is 87.4 Å². The van der Waals surface area contributed by atoms with Crippen molar-refractivity contribution in [3.63, 3.8) is 0 Å². The van der Waals surface area contributed by atoms with Gasteiger partial charge in [-0.25, -0.2) is 0 Å². The third kappa shape index (κ3) is 2.91. The van der Waals surface area contributed by atoms with E-state index in [9.17, 15) is 9.59 Å². The largest absolute Gasteiger partial charge is 0.350 e. The van der Waals surface area contributed by atoms with Crippen molar-refractivity contribution in [3.8, 4) is 0 Å². The lowest BCUT2D eigenvalue weighted by atomic mass is 9.67. The minimum Gasteiger partial charge on any atom is -0.350 e. The topological polar surface area (TPSA) is 53.2 Å². The molecule has 4 nitrogen and oxygen atoms in total. The van der Waals surface area contributed by atoms with Gasteiger partial charge in [0, 0.05) is 25.1 Å². The highest BCUT2D eigenvalue weighted by molar-refractivity contribution is 9.11. The number of hydrogen-bond donors (Lipinski definition) is 1. The van der Waals surface area contributed by atoms with Gasteiger partial charge in [0.25, 0.3) is 0 Å². The molecule has 0 unspecified atom stereocenters. The number of amides is 1. The van der Waals surface area contributed by atoms with Gasteiger partial charge in [0.15, 0.2) is 5.78 Å². The first-order chi connectivity index (χ1) is 17.5. The molecular formula is C30H22Br2N2O2. The van der Waals surface area contributed by atoms with E-state index in [1.54, 1.807) is 0 Å². The average molecular weight is 602 g/mol. The Labute approximate surface area is 224 Å². The standard InChI is InChI=1S/C30H22Br2N2O2/c31-22-12-6-11-19-17(22)10-7-13-24(19)34-27-21-16-23(32)18-8-2-3-9-20(18)25(21)33-26(27)28(35)30(29(34)36)14-4-1-5-15-30/h2-3,6-13,16,33H,1,4-5,14-15H2. The van der Waals surface area contributed by atoms with E-state index >= 15 is 0 Å². The third-order valence-electron chi connectivity index (χ3n) is 8.03. The van der Waals surface area contributed by atoms with Crippen molar-refractivity contribution in [2.45, 2.75) is 32.1 Å². The molecule has 0 saturated heterocycles. The predicted octanol–water partition coefficient (Wildman–Crippen LogP) is 8.81. The number of halogens is 2. The molecule has 2 heterocycles. The molecule has 1 N–H and O–H groups in total. The Morgan fingerprint density at radius 1 is 0.722 bits per heavy atom. The summed E-state index contributed by atoms with van der Waals surface area (Å²) in [5.41, 5.74) is 1.88. The van der Waals surface area contributed by atoms with Gasteiger partial charge in [-0.2, -0.15) is 0 Å². The minimum atomic E-state index is -1.02. The van der Waals surface area contributed by atoms with Crippen LogP contribution in [-0.2, 0) is 4.79 Å². The summed E-state index contributed by atoms with van der Waals surface area (Å²) in [5, 5.41) is 4.96. The van der Waals surface area contributed by atoms with Crippen molar-refractivity contribution in [3.05, 3.63) is 81.4 Å². The zero-order valence-corrected chi connectivity index (χ0v) is 22.6. The smallest absolute Gasteiger partial charge is 0.245 e. The van der Waals surface area contributed by atoms with Crippen LogP contribution in [0.1, 0.15) is 42.6 Å². The van der Waals surface area contributed by atoms with Crippen LogP contribution in [0.3, 0.4) is 0 Å². The third-order valence-corrected chi connectivity index (χ3v) is 9.38. The Kier molecular flexibility index (Phi) is 4.96. The predicted molar refractivity (Wildman–Crippen MR) is 152 cm³/mol. The first-order valence-corrected chi connectivity index (χ1v) is 13.9. The molecule has 4 aromatic carbocycles. The second-order valence-electron chi connectivity index (χ2n) is 9.90. The maximum absolute atomic E-state index is 14.6. The van der Waals surface area contributed by atoms with Gasteiger partial charge in [-0.05, 0) is 41.8 Å². The molecule has 5 aromatic rings. The summed E-state index contributed by atoms with van der Waals surface area (Å²) in [4.78, 5) is 34.1. The Morgan fingerprint density at radius 3 is 2.19 bits per heavy atom. The van der Waals surface area contributed by atoms with Gasteiger partial charge >= 0.3 is 0 Å². The first-order valence-electron chi connectivity index (χ1n) is 12.3. The van der Waals surface area contributed by atoms with Crippen LogP contribution < -0.4 is 4.90 Å². The van der Waals surface area contributed by atoms with Crippen molar-refractivity contribution in [2.24, 2.45) is 5.41 Å². The molecular weight excluding hydrogens is 580 g/mol. The van der Waals surface area contributed by atoms with E-state index in [-0.39, 0.29) is 11.7 Å². The molecule has 1 amide bonds. The fourth-order valence-corrected chi connectivity index (χ4v) is 7.37. The lowest BCUT2D eigenvalue weighted by Crippen LogP contribution is -2.52. The second kappa shape index (κ2) is 8.02. The molecule has 7 rings (SSSR count). The monoisotopic (exact) mass is 600 g/mol. The zero-order valence-electron chi connectivity index (χ0n) is 19.4. The summed E-state index contributed by atoms with van der Waals surface area (Å²) in [6.45, 7) is 0. The van der Waals surface area contributed by atoms with Crippen LogP contribution in [0.5, 0.6) is 0 Å². The number of benzene rings is 4. The molecule has 1 aliphatic carbocycles. The maximum atomic E-state index is 14.6.